The van der Waals surface area contributed by atoms with Crippen LogP contribution in [0.4, 0.5) is 11.4 Å². The Labute approximate surface area is 110 Å². The van der Waals surface area contributed by atoms with Crippen molar-refractivity contribution in [2.24, 2.45) is 0 Å². The predicted molar refractivity (Wildman–Crippen MR) is 74.9 cm³/mol. The molecule has 0 saturated carbocycles. The zero-order chi connectivity index (χ0) is 13.0. The number of carbonyl (C=O) groups is 1. The van der Waals surface area contributed by atoms with Crippen LogP contribution in [0.3, 0.4) is 0 Å². The maximum atomic E-state index is 10.9. The molecule has 2 rings (SSSR count). The lowest BCUT2D eigenvalue weighted by Gasteiger charge is -2.13. The normalized spacial score (nSPS) is 11.9. The number of nitrogens with one attached hydrogen (secondary N) is 2. The molecule has 1 aromatic heterocycles. The first-order chi connectivity index (χ1) is 8.65. The SMILES string of the molecule is CC(=O)Nc1ccc(NC(C)c2nccs2)cc1. The number of aromatic nitrogens is 1. The van der Waals surface area contributed by atoms with Gasteiger partial charge in [0.15, 0.2) is 0 Å². The summed E-state index contributed by atoms with van der Waals surface area (Å²) in [5.41, 5.74) is 1.81. The van der Waals surface area contributed by atoms with E-state index in [-0.39, 0.29) is 11.9 Å². The van der Waals surface area contributed by atoms with Crippen molar-refractivity contribution in [3.05, 3.63) is 40.8 Å². The van der Waals surface area contributed by atoms with Crippen LogP contribution in [0, 0.1) is 0 Å². The van der Waals surface area contributed by atoms with Gasteiger partial charge in [0.05, 0.1) is 6.04 Å². The molecule has 1 amide bonds. The molecule has 1 unspecified atom stereocenters. The van der Waals surface area contributed by atoms with E-state index in [1.54, 1.807) is 17.5 Å². The van der Waals surface area contributed by atoms with Crippen LogP contribution in [0.5, 0.6) is 0 Å². The van der Waals surface area contributed by atoms with Crippen LogP contribution in [0.2, 0.25) is 0 Å². The number of anilines is 2. The van der Waals surface area contributed by atoms with Crippen LogP contribution >= 0.6 is 11.3 Å². The second kappa shape index (κ2) is 5.64. The molecule has 1 atom stereocenters. The van der Waals surface area contributed by atoms with Crippen molar-refractivity contribution in [2.45, 2.75) is 19.9 Å². The van der Waals surface area contributed by atoms with Crippen molar-refractivity contribution in [1.29, 1.82) is 0 Å². The smallest absolute Gasteiger partial charge is 0.221 e. The van der Waals surface area contributed by atoms with Crippen LogP contribution in [0.15, 0.2) is 35.8 Å². The maximum absolute atomic E-state index is 10.9. The number of amides is 1. The maximum Gasteiger partial charge on any atom is 0.221 e. The van der Waals surface area contributed by atoms with E-state index in [9.17, 15) is 4.79 Å². The molecule has 0 fully saturated rings. The first-order valence-corrected chi connectivity index (χ1v) is 6.56. The molecule has 0 aliphatic carbocycles. The Morgan fingerprint density at radius 3 is 2.50 bits per heavy atom. The summed E-state index contributed by atoms with van der Waals surface area (Å²) >= 11 is 1.63. The van der Waals surface area contributed by atoms with Gasteiger partial charge in [-0.15, -0.1) is 11.3 Å². The van der Waals surface area contributed by atoms with Gasteiger partial charge in [0.2, 0.25) is 5.91 Å². The molecule has 18 heavy (non-hydrogen) atoms. The number of rotatable bonds is 4. The van der Waals surface area contributed by atoms with Crippen LogP contribution < -0.4 is 10.6 Å². The highest BCUT2D eigenvalue weighted by molar-refractivity contribution is 7.09. The quantitative estimate of drug-likeness (QED) is 0.888. The summed E-state index contributed by atoms with van der Waals surface area (Å²) in [7, 11) is 0. The fourth-order valence-electron chi connectivity index (χ4n) is 1.61. The van der Waals surface area contributed by atoms with E-state index in [1.807, 2.05) is 29.6 Å². The molecular weight excluding hydrogens is 246 g/mol. The third-order valence-electron chi connectivity index (χ3n) is 2.41. The van der Waals surface area contributed by atoms with Gasteiger partial charge in [-0.2, -0.15) is 0 Å². The summed E-state index contributed by atoms with van der Waals surface area (Å²) in [6.45, 7) is 3.57. The molecule has 94 valence electrons. The van der Waals surface area contributed by atoms with Gasteiger partial charge in [-0.1, -0.05) is 0 Å². The molecule has 2 aromatic rings. The van der Waals surface area contributed by atoms with Gasteiger partial charge >= 0.3 is 0 Å². The van der Waals surface area contributed by atoms with Crippen molar-refractivity contribution < 1.29 is 4.79 Å². The van der Waals surface area contributed by atoms with E-state index in [0.29, 0.717) is 0 Å². The van der Waals surface area contributed by atoms with Crippen molar-refractivity contribution in [1.82, 2.24) is 4.98 Å². The summed E-state index contributed by atoms with van der Waals surface area (Å²) in [5.74, 6) is -0.0631. The van der Waals surface area contributed by atoms with Gasteiger partial charge in [0, 0.05) is 29.9 Å². The highest BCUT2D eigenvalue weighted by atomic mass is 32.1. The molecule has 0 saturated heterocycles. The molecule has 0 radical (unpaired) electrons. The number of nitrogens with zero attached hydrogens (tertiary/aromatic N) is 1. The Bertz CT molecular complexity index is 508. The lowest BCUT2D eigenvalue weighted by atomic mass is 10.2. The van der Waals surface area contributed by atoms with Gasteiger partial charge in [-0.05, 0) is 31.2 Å². The molecule has 0 bridgehead atoms. The minimum Gasteiger partial charge on any atom is -0.376 e. The average molecular weight is 261 g/mol. The molecule has 0 aliphatic heterocycles. The van der Waals surface area contributed by atoms with Crippen molar-refractivity contribution in [3.8, 4) is 0 Å². The standard InChI is InChI=1S/C13H15N3OS/c1-9(13-14-7-8-18-13)15-11-3-5-12(6-4-11)16-10(2)17/h3-9,15H,1-2H3,(H,16,17). The second-order valence-corrected chi connectivity index (χ2v) is 4.92. The highest BCUT2D eigenvalue weighted by Gasteiger charge is 2.07. The molecule has 1 heterocycles. The zero-order valence-electron chi connectivity index (χ0n) is 10.3. The predicted octanol–water partition coefficient (Wildman–Crippen LogP) is 3.27. The Balaban J connectivity index is 2.00. The van der Waals surface area contributed by atoms with E-state index >= 15 is 0 Å². The van der Waals surface area contributed by atoms with Crippen LogP contribution in [-0.2, 0) is 4.79 Å². The Morgan fingerprint density at radius 2 is 1.94 bits per heavy atom. The van der Waals surface area contributed by atoms with E-state index in [1.165, 1.54) is 6.92 Å². The van der Waals surface area contributed by atoms with E-state index in [0.717, 1.165) is 16.4 Å². The Hall–Kier alpha value is -1.88. The fourth-order valence-corrected chi connectivity index (χ4v) is 2.26. The van der Waals surface area contributed by atoms with Crippen LogP contribution in [0.1, 0.15) is 24.9 Å². The van der Waals surface area contributed by atoms with Crippen molar-refractivity contribution >= 4 is 28.6 Å². The number of benzene rings is 1. The average Bonchev–Trinajstić information content (AvgIpc) is 2.84. The number of hydrogen-bond donors (Lipinski definition) is 2. The number of hydrogen-bond acceptors (Lipinski definition) is 4. The summed E-state index contributed by atoms with van der Waals surface area (Å²) in [6.07, 6.45) is 1.80. The van der Waals surface area contributed by atoms with E-state index in [4.69, 9.17) is 0 Å². The van der Waals surface area contributed by atoms with Crippen LogP contribution in [0.25, 0.3) is 0 Å². The largest absolute Gasteiger partial charge is 0.376 e. The van der Waals surface area contributed by atoms with Crippen molar-refractivity contribution in [3.63, 3.8) is 0 Å². The Kier molecular flexibility index (Phi) is 3.94. The topological polar surface area (TPSA) is 54.0 Å². The second-order valence-electron chi connectivity index (χ2n) is 3.99. The van der Waals surface area contributed by atoms with E-state index < -0.39 is 0 Å². The number of thiazole rings is 1. The summed E-state index contributed by atoms with van der Waals surface area (Å²) < 4.78 is 0. The fraction of sp³-hybridized carbons (Fsp3) is 0.231. The van der Waals surface area contributed by atoms with Gasteiger partial charge < -0.3 is 10.6 Å². The molecule has 4 nitrogen and oxygen atoms in total. The summed E-state index contributed by atoms with van der Waals surface area (Å²) in [5, 5.41) is 9.12. The lowest BCUT2D eigenvalue weighted by molar-refractivity contribution is -0.114. The van der Waals surface area contributed by atoms with Crippen molar-refractivity contribution in [2.75, 3.05) is 10.6 Å². The van der Waals surface area contributed by atoms with Crippen LogP contribution in [-0.4, -0.2) is 10.9 Å². The van der Waals surface area contributed by atoms with Gasteiger partial charge in [0.25, 0.3) is 0 Å². The molecule has 1 aromatic carbocycles. The number of carbonyl (C=O) groups excluding carboxylic acids is 1. The molecule has 0 spiro atoms. The molecular formula is C13H15N3OS. The van der Waals surface area contributed by atoms with E-state index in [2.05, 4.69) is 22.5 Å². The van der Waals surface area contributed by atoms with Gasteiger partial charge in [0.1, 0.15) is 5.01 Å². The lowest BCUT2D eigenvalue weighted by Crippen LogP contribution is -2.07. The summed E-state index contributed by atoms with van der Waals surface area (Å²) in [4.78, 5) is 15.2. The van der Waals surface area contributed by atoms with Gasteiger partial charge in [-0.25, -0.2) is 4.98 Å². The zero-order valence-corrected chi connectivity index (χ0v) is 11.1. The molecule has 0 aliphatic rings. The minimum atomic E-state index is -0.0631. The summed E-state index contributed by atoms with van der Waals surface area (Å²) in [6, 6.07) is 7.80. The first-order valence-electron chi connectivity index (χ1n) is 5.69. The Morgan fingerprint density at radius 1 is 1.28 bits per heavy atom. The monoisotopic (exact) mass is 261 g/mol. The highest BCUT2D eigenvalue weighted by Crippen LogP contribution is 2.21. The molecule has 2 N–H and O–H groups in total. The third kappa shape index (κ3) is 3.30. The third-order valence-corrected chi connectivity index (χ3v) is 3.37. The van der Waals surface area contributed by atoms with Gasteiger partial charge in [-0.3, -0.25) is 4.79 Å². The minimum absolute atomic E-state index is 0.0631. The molecule has 5 heteroatoms. The first kappa shape index (κ1) is 12.6.